The molecule has 24 heavy (non-hydrogen) atoms. The van der Waals surface area contributed by atoms with Crippen molar-refractivity contribution in [2.45, 2.75) is 51.7 Å². The van der Waals surface area contributed by atoms with Crippen LogP contribution < -0.4 is 4.74 Å². The van der Waals surface area contributed by atoms with Crippen molar-refractivity contribution in [3.8, 4) is 5.75 Å². The van der Waals surface area contributed by atoms with Crippen molar-refractivity contribution in [1.82, 2.24) is 15.0 Å². The highest BCUT2D eigenvalue weighted by Gasteiger charge is 2.37. The van der Waals surface area contributed by atoms with Crippen LogP contribution in [0.1, 0.15) is 66.3 Å². The third-order valence-corrected chi connectivity index (χ3v) is 5.13. The molecule has 3 heterocycles. The number of ether oxygens (including phenoxy) is 1. The molecule has 0 unspecified atom stereocenters. The lowest BCUT2D eigenvalue weighted by Crippen LogP contribution is -2.31. The van der Waals surface area contributed by atoms with Crippen molar-refractivity contribution in [2.24, 2.45) is 0 Å². The van der Waals surface area contributed by atoms with Crippen LogP contribution in [0.4, 0.5) is 0 Å². The van der Waals surface area contributed by atoms with E-state index >= 15 is 0 Å². The molecule has 0 aliphatic carbocycles. The number of carbonyl (C=O) groups excluding carboxylic acids is 1. The van der Waals surface area contributed by atoms with Crippen molar-refractivity contribution < 1.29 is 14.1 Å². The van der Waals surface area contributed by atoms with Crippen LogP contribution in [0.5, 0.6) is 5.75 Å². The van der Waals surface area contributed by atoms with Crippen molar-refractivity contribution in [1.29, 1.82) is 0 Å². The minimum atomic E-state index is -0.123. The molecule has 2 aromatic rings. The summed E-state index contributed by atoms with van der Waals surface area (Å²) in [6.07, 6.45) is 1.88. The molecule has 3 atom stereocenters. The summed E-state index contributed by atoms with van der Waals surface area (Å²) in [5.74, 6) is 2.13. The summed E-state index contributed by atoms with van der Waals surface area (Å²) >= 11 is 0. The number of likely N-dealkylation sites (tertiary alicyclic amines) is 1. The van der Waals surface area contributed by atoms with Gasteiger partial charge in [0.1, 0.15) is 11.9 Å². The molecule has 0 N–H and O–H groups in total. The van der Waals surface area contributed by atoms with Gasteiger partial charge in [-0.05, 0) is 25.8 Å². The number of aryl methyl sites for hydroxylation is 1. The zero-order valence-corrected chi connectivity index (χ0v) is 14.2. The quantitative estimate of drug-likeness (QED) is 0.847. The number of amides is 1. The van der Waals surface area contributed by atoms with E-state index in [0.717, 1.165) is 24.2 Å². The van der Waals surface area contributed by atoms with Gasteiger partial charge >= 0.3 is 0 Å². The molecule has 0 bridgehead atoms. The Morgan fingerprint density at radius 2 is 2.17 bits per heavy atom. The SMILES string of the molecule is Cc1nc([C@@H]2CCCN2C(=O)c2cccc3c2O[C@H](C)[C@H]3C)no1. The van der Waals surface area contributed by atoms with Crippen LogP contribution in [0.25, 0.3) is 0 Å². The fraction of sp³-hybridized carbons (Fsp3) is 0.500. The van der Waals surface area contributed by atoms with Gasteiger partial charge in [-0.2, -0.15) is 4.98 Å². The zero-order chi connectivity index (χ0) is 16.8. The van der Waals surface area contributed by atoms with Crippen molar-refractivity contribution in [2.75, 3.05) is 6.54 Å². The Balaban J connectivity index is 1.67. The standard InChI is InChI=1S/C18H21N3O3/c1-10-11(2)23-16-13(10)6-4-7-14(16)18(22)21-9-5-8-15(21)17-19-12(3)24-20-17/h4,6-7,10-11,15H,5,8-9H2,1-3H3/t10-,11-,15+/m1/s1. The normalized spacial score (nSPS) is 25.6. The second kappa shape index (κ2) is 5.61. The van der Waals surface area contributed by atoms with E-state index in [4.69, 9.17) is 9.26 Å². The van der Waals surface area contributed by atoms with Crippen LogP contribution in [0.15, 0.2) is 22.7 Å². The molecule has 2 aliphatic rings. The van der Waals surface area contributed by atoms with Gasteiger partial charge in [-0.3, -0.25) is 4.79 Å². The summed E-state index contributed by atoms with van der Waals surface area (Å²) in [6.45, 7) is 6.63. The minimum absolute atomic E-state index is 0.0156. The molecule has 126 valence electrons. The topological polar surface area (TPSA) is 68.5 Å². The molecule has 6 heteroatoms. The van der Waals surface area contributed by atoms with Crippen LogP contribution in [0, 0.1) is 6.92 Å². The average molecular weight is 327 g/mol. The lowest BCUT2D eigenvalue weighted by Gasteiger charge is -2.23. The maximum absolute atomic E-state index is 13.2. The Morgan fingerprint density at radius 1 is 1.33 bits per heavy atom. The van der Waals surface area contributed by atoms with Crippen molar-refractivity contribution in [3.05, 3.63) is 41.0 Å². The molecule has 6 nitrogen and oxygen atoms in total. The molecule has 1 saturated heterocycles. The molecule has 1 amide bonds. The van der Waals surface area contributed by atoms with E-state index < -0.39 is 0 Å². The summed E-state index contributed by atoms with van der Waals surface area (Å²) in [5.41, 5.74) is 1.75. The van der Waals surface area contributed by atoms with Crippen LogP contribution in [0.2, 0.25) is 0 Å². The number of hydrogen-bond acceptors (Lipinski definition) is 5. The van der Waals surface area contributed by atoms with Crippen molar-refractivity contribution in [3.63, 3.8) is 0 Å². The predicted molar refractivity (Wildman–Crippen MR) is 87.0 cm³/mol. The Morgan fingerprint density at radius 3 is 2.92 bits per heavy atom. The largest absolute Gasteiger partial charge is 0.489 e. The number of rotatable bonds is 2. The first-order valence-corrected chi connectivity index (χ1v) is 8.47. The highest BCUT2D eigenvalue weighted by atomic mass is 16.5. The Labute approximate surface area is 140 Å². The first kappa shape index (κ1) is 15.2. The first-order valence-electron chi connectivity index (χ1n) is 8.47. The number of aromatic nitrogens is 2. The van der Waals surface area contributed by atoms with Gasteiger partial charge in [-0.1, -0.05) is 24.2 Å². The number of para-hydroxylation sites is 1. The van der Waals surface area contributed by atoms with Gasteiger partial charge in [0.2, 0.25) is 5.89 Å². The van der Waals surface area contributed by atoms with E-state index in [2.05, 4.69) is 17.1 Å². The lowest BCUT2D eigenvalue weighted by atomic mass is 9.96. The highest BCUT2D eigenvalue weighted by Crippen LogP contribution is 2.42. The smallest absolute Gasteiger partial charge is 0.258 e. The minimum Gasteiger partial charge on any atom is -0.489 e. The monoisotopic (exact) mass is 327 g/mol. The maximum atomic E-state index is 13.2. The first-order chi connectivity index (χ1) is 11.6. The molecule has 1 aromatic heterocycles. The third kappa shape index (κ3) is 2.28. The molecule has 1 aromatic carbocycles. The van der Waals surface area contributed by atoms with E-state index in [-0.39, 0.29) is 18.1 Å². The van der Waals surface area contributed by atoms with Crippen LogP contribution in [-0.4, -0.2) is 33.6 Å². The van der Waals surface area contributed by atoms with Crippen molar-refractivity contribution >= 4 is 5.91 Å². The van der Waals surface area contributed by atoms with E-state index in [1.54, 1.807) is 6.92 Å². The number of fused-ring (bicyclic) bond motifs is 1. The molecule has 0 spiro atoms. The summed E-state index contributed by atoms with van der Waals surface area (Å²) in [7, 11) is 0. The number of carbonyl (C=O) groups is 1. The average Bonchev–Trinajstić information content (AvgIpc) is 3.27. The molecule has 1 fully saturated rings. The van der Waals surface area contributed by atoms with Gasteiger partial charge < -0.3 is 14.2 Å². The predicted octanol–water partition coefficient (Wildman–Crippen LogP) is 3.24. The van der Waals surface area contributed by atoms with Crippen LogP contribution in [-0.2, 0) is 0 Å². The third-order valence-electron chi connectivity index (χ3n) is 5.13. The highest BCUT2D eigenvalue weighted by molar-refractivity contribution is 5.98. The molecule has 0 saturated carbocycles. The van der Waals surface area contributed by atoms with Gasteiger partial charge in [0.05, 0.1) is 11.6 Å². The molecule has 0 radical (unpaired) electrons. The summed E-state index contributed by atoms with van der Waals surface area (Å²) < 4.78 is 11.1. The molecule has 4 rings (SSSR count). The summed E-state index contributed by atoms with van der Waals surface area (Å²) in [5, 5.41) is 4.01. The Bertz CT molecular complexity index is 786. The Hall–Kier alpha value is -2.37. The molecule has 2 aliphatic heterocycles. The van der Waals surface area contributed by atoms with E-state index in [9.17, 15) is 4.79 Å². The lowest BCUT2D eigenvalue weighted by molar-refractivity contribution is 0.0723. The maximum Gasteiger partial charge on any atom is 0.258 e. The fourth-order valence-electron chi connectivity index (χ4n) is 3.64. The van der Waals surface area contributed by atoms with Gasteiger partial charge in [-0.25, -0.2) is 0 Å². The van der Waals surface area contributed by atoms with Crippen LogP contribution in [0.3, 0.4) is 0 Å². The van der Waals surface area contributed by atoms with Crippen LogP contribution >= 0.6 is 0 Å². The van der Waals surface area contributed by atoms with Gasteiger partial charge in [0.25, 0.3) is 5.91 Å². The number of benzene rings is 1. The van der Waals surface area contributed by atoms with Gasteiger partial charge in [0, 0.05) is 24.9 Å². The van der Waals surface area contributed by atoms with Gasteiger partial charge in [-0.15, -0.1) is 0 Å². The van der Waals surface area contributed by atoms with E-state index in [1.807, 2.05) is 30.0 Å². The summed E-state index contributed by atoms with van der Waals surface area (Å²) in [4.78, 5) is 19.3. The second-order valence-electron chi connectivity index (χ2n) is 6.66. The number of nitrogens with zero attached hydrogens (tertiary/aromatic N) is 3. The fourth-order valence-corrected chi connectivity index (χ4v) is 3.64. The molecular weight excluding hydrogens is 306 g/mol. The zero-order valence-electron chi connectivity index (χ0n) is 14.2. The Kier molecular flexibility index (Phi) is 3.55. The summed E-state index contributed by atoms with van der Waals surface area (Å²) in [6, 6.07) is 5.71. The van der Waals surface area contributed by atoms with E-state index in [1.165, 1.54) is 0 Å². The number of hydrogen-bond donors (Lipinski definition) is 0. The van der Waals surface area contributed by atoms with E-state index in [0.29, 0.717) is 29.7 Å². The second-order valence-corrected chi connectivity index (χ2v) is 6.66. The molecular formula is C18H21N3O3. The van der Waals surface area contributed by atoms with Gasteiger partial charge in [0.15, 0.2) is 5.82 Å².